The summed E-state index contributed by atoms with van der Waals surface area (Å²) < 4.78 is 0. The molecule has 1 aromatic rings. The largest absolute Gasteiger partial charge is 0.385 e. The third kappa shape index (κ3) is 4.04. The van der Waals surface area contributed by atoms with Crippen molar-refractivity contribution in [3.63, 3.8) is 0 Å². The van der Waals surface area contributed by atoms with E-state index in [0.29, 0.717) is 6.54 Å². The number of nitrogens with two attached hydrogens (primary N) is 1. The van der Waals surface area contributed by atoms with Gasteiger partial charge >= 0.3 is 0 Å². The molecular weight excluding hydrogens is 230 g/mol. The maximum atomic E-state index is 10.6. The molecule has 0 unspecified atom stereocenters. The zero-order chi connectivity index (χ0) is 11.3. The fourth-order valence-corrected chi connectivity index (χ4v) is 1.24. The Labute approximate surface area is 101 Å². The first-order valence-corrected chi connectivity index (χ1v) is 4.84. The lowest BCUT2D eigenvalue weighted by molar-refractivity contribution is -0.384. The van der Waals surface area contributed by atoms with Crippen LogP contribution in [-0.2, 0) is 0 Å². The Bertz CT molecular complexity index is 358. The van der Waals surface area contributed by atoms with Crippen LogP contribution in [0.25, 0.3) is 0 Å². The number of non-ortho nitro benzene ring substituents is 1. The van der Waals surface area contributed by atoms with Gasteiger partial charge < -0.3 is 11.1 Å². The summed E-state index contributed by atoms with van der Waals surface area (Å²) in [6, 6.07) is 4.79. The molecule has 0 aromatic heterocycles. The number of anilines is 1. The summed E-state index contributed by atoms with van der Waals surface area (Å²) in [6.07, 6.45) is 0.849. The number of nitro groups is 1. The van der Waals surface area contributed by atoms with E-state index in [1.807, 2.05) is 6.92 Å². The average molecular weight is 246 g/mol. The molecule has 90 valence electrons. The van der Waals surface area contributed by atoms with Crippen molar-refractivity contribution in [1.82, 2.24) is 0 Å². The Balaban J connectivity index is 0.00000225. The number of rotatable bonds is 5. The monoisotopic (exact) mass is 245 g/mol. The van der Waals surface area contributed by atoms with Crippen LogP contribution in [0.4, 0.5) is 11.4 Å². The van der Waals surface area contributed by atoms with Gasteiger partial charge in [-0.1, -0.05) is 6.07 Å². The van der Waals surface area contributed by atoms with Gasteiger partial charge in [-0.15, -0.1) is 12.4 Å². The van der Waals surface area contributed by atoms with Crippen molar-refractivity contribution in [2.45, 2.75) is 13.3 Å². The maximum absolute atomic E-state index is 10.6. The van der Waals surface area contributed by atoms with Gasteiger partial charge in [-0.3, -0.25) is 10.1 Å². The van der Waals surface area contributed by atoms with Crippen LogP contribution in [0.3, 0.4) is 0 Å². The molecule has 3 N–H and O–H groups in total. The number of nitrogens with one attached hydrogen (secondary N) is 1. The molecule has 0 aliphatic heterocycles. The van der Waals surface area contributed by atoms with Gasteiger partial charge in [-0.05, 0) is 25.5 Å². The Morgan fingerprint density at radius 2 is 2.19 bits per heavy atom. The van der Waals surface area contributed by atoms with Gasteiger partial charge in [-0.25, -0.2) is 0 Å². The van der Waals surface area contributed by atoms with Crippen molar-refractivity contribution < 1.29 is 4.92 Å². The molecule has 0 bridgehead atoms. The molecule has 0 atom stereocenters. The van der Waals surface area contributed by atoms with Gasteiger partial charge in [0.05, 0.1) is 4.92 Å². The van der Waals surface area contributed by atoms with Gasteiger partial charge in [0, 0.05) is 24.4 Å². The van der Waals surface area contributed by atoms with Crippen molar-refractivity contribution >= 4 is 23.8 Å². The summed E-state index contributed by atoms with van der Waals surface area (Å²) in [5.41, 5.74) is 7.27. The zero-order valence-electron chi connectivity index (χ0n) is 9.10. The summed E-state index contributed by atoms with van der Waals surface area (Å²) in [6.45, 7) is 3.26. The molecule has 1 rings (SSSR count). The molecule has 1 aromatic carbocycles. The fourth-order valence-electron chi connectivity index (χ4n) is 1.24. The topological polar surface area (TPSA) is 81.2 Å². The number of nitrogens with zero attached hydrogens (tertiary/aromatic N) is 1. The predicted octanol–water partition coefficient (Wildman–Crippen LogP) is 2.09. The second kappa shape index (κ2) is 7.03. The first kappa shape index (κ1) is 14.7. The van der Waals surface area contributed by atoms with Crippen molar-refractivity contribution in [2.75, 3.05) is 18.4 Å². The second-order valence-electron chi connectivity index (χ2n) is 3.33. The van der Waals surface area contributed by atoms with E-state index in [4.69, 9.17) is 5.73 Å². The number of halogens is 1. The van der Waals surface area contributed by atoms with Crippen LogP contribution in [0, 0.1) is 17.0 Å². The smallest absolute Gasteiger partial charge is 0.271 e. The minimum Gasteiger partial charge on any atom is -0.385 e. The molecule has 0 aliphatic rings. The highest BCUT2D eigenvalue weighted by atomic mass is 35.5. The number of hydrogen-bond donors (Lipinski definition) is 2. The Morgan fingerprint density at radius 1 is 1.50 bits per heavy atom. The van der Waals surface area contributed by atoms with Crippen LogP contribution < -0.4 is 11.1 Å². The molecular formula is C10H16ClN3O2. The summed E-state index contributed by atoms with van der Waals surface area (Å²) in [7, 11) is 0. The van der Waals surface area contributed by atoms with Gasteiger partial charge in [0.2, 0.25) is 0 Å². The van der Waals surface area contributed by atoms with Gasteiger partial charge in [-0.2, -0.15) is 0 Å². The first-order valence-electron chi connectivity index (χ1n) is 4.84. The Kier molecular flexibility index (Phi) is 6.44. The van der Waals surface area contributed by atoms with Crippen LogP contribution in [0.5, 0.6) is 0 Å². The van der Waals surface area contributed by atoms with Gasteiger partial charge in [0.15, 0.2) is 0 Å². The third-order valence-electron chi connectivity index (χ3n) is 2.13. The highest BCUT2D eigenvalue weighted by Gasteiger charge is 2.07. The van der Waals surface area contributed by atoms with E-state index in [0.717, 1.165) is 24.2 Å². The maximum Gasteiger partial charge on any atom is 0.271 e. The quantitative estimate of drug-likeness (QED) is 0.473. The van der Waals surface area contributed by atoms with E-state index in [2.05, 4.69) is 5.32 Å². The SMILES string of the molecule is Cc1ccc([N+](=O)[O-])cc1NCCCN.Cl. The molecule has 0 aliphatic carbocycles. The summed E-state index contributed by atoms with van der Waals surface area (Å²) in [5.74, 6) is 0. The third-order valence-corrected chi connectivity index (χ3v) is 2.13. The van der Waals surface area contributed by atoms with E-state index < -0.39 is 4.92 Å². The number of nitro benzene ring substituents is 1. The number of hydrogen-bond acceptors (Lipinski definition) is 4. The van der Waals surface area contributed by atoms with E-state index in [1.54, 1.807) is 12.1 Å². The van der Waals surface area contributed by atoms with Crippen molar-refractivity contribution in [3.05, 3.63) is 33.9 Å². The van der Waals surface area contributed by atoms with Crippen LogP contribution in [0.1, 0.15) is 12.0 Å². The lowest BCUT2D eigenvalue weighted by Gasteiger charge is -2.08. The molecule has 0 spiro atoms. The first-order chi connectivity index (χ1) is 7.15. The van der Waals surface area contributed by atoms with E-state index in [-0.39, 0.29) is 18.1 Å². The molecule has 0 saturated heterocycles. The highest BCUT2D eigenvalue weighted by molar-refractivity contribution is 5.85. The molecule has 0 amide bonds. The highest BCUT2D eigenvalue weighted by Crippen LogP contribution is 2.21. The Morgan fingerprint density at radius 3 is 2.75 bits per heavy atom. The van der Waals surface area contributed by atoms with Crippen LogP contribution >= 0.6 is 12.4 Å². The molecule has 0 radical (unpaired) electrons. The minimum atomic E-state index is -0.395. The van der Waals surface area contributed by atoms with Crippen LogP contribution in [0.2, 0.25) is 0 Å². The summed E-state index contributed by atoms with van der Waals surface area (Å²) >= 11 is 0. The lowest BCUT2D eigenvalue weighted by atomic mass is 10.2. The second-order valence-corrected chi connectivity index (χ2v) is 3.33. The molecule has 6 heteroatoms. The zero-order valence-corrected chi connectivity index (χ0v) is 9.92. The minimum absolute atomic E-state index is 0. The Hall–Kier alpha value is -1.33. The standard InChI is InChI=1S/C10H15N3O2.ClH/c1-8-3-4-9(13(14)15)7-10(8)12-6-2-5-11;/h3-4,7,12H,2,5-6,11H2,1H3;1H. The van der Waals surface area contributed by atoms with Crippen molar-refractivity contribution in [2.24, 2.45) is 5.73 Å². The normalized spacial score (nSPS) is 9.38. The fraction of sp³-hybridized carbons (Fsp3) is 0.400. The van der Waals surface area contributed by atoms with Crippen LogP contribution in [-0.4, -0.2) is 18.0 Å². The van der Waals surface area contributed by atoms with Crippen molar-refractivity contribution in [1.29, 1.82) is 0 Å². The molecule has 0 fully saturated rings. The lowest BCUT2D eigenvalue weighted by Crippen LogP contribution is -2.09. The number of benzene rings is 1. The molecule has 16 heavy (non-hydrogen) atoms. The van der Waals surface area contributed by atoms with Crippen molar-refractivity contribution in [3.8, 4) is 0 Å². The van der Waals surface area contributed by atoms with E-state index in [9.17, 15) is 10.1 Å². The van der Waals surface area contributed by atoms with Gasteiger partial charge in [0.25, 0.3) is 5.69 Å². The summed E-state index contributed by atoms with van der Waals surface area (Å²) in [5, 5.41) is 13.7. The number of aryl methyl sites for hydroxylation is 1. The van der Waals surface area contributed by atoms with Crippen LogP contribution in [0.15, 0.2) is 18.2 Å². The molecule has 0 heterocycles. The van der Waals surface area contributed by atoms with E-state index >= 15 is 0 Å². The van der Waals surface area contributed by atoms with E-state index in [1.165, 1.54) is 6.07 Å². The average Bonchev–Trinajstić information content (AvgIpc) is 2.20. The summed E-state index contributed by atoms with van der Waals surface area (Å²) in [4.78, 5) is 10.2. The van der Waals surface area contributed by atoms with Gasteiger partial charge in [0.1, 0.15) is 0 Å². The molecule has 0 saturated carbocycles. The molecule has 5 nitrogen and oxygen atoms in total. The predicted molar refractivity (Wildman–Crippen MR) is 67.2 cm³/mol.